The topological polar surface area (TPSA) is 75.6 Å². The first-order valence-electron chi connectivity index (χ1n) is 6.54. The molecule has 0 aliphatic rings. The largest absolute Gasteiger partial charge is 0.461 e. The third-order valence-electron chi connectivity index (χ3n) is 3.01. The van der Waals surface area contributed by atoms with Crippen molar-refractivity contribution in [3.63, 3.8) is 0 Å². The van der Waals surface area contributed by atoms with Gasteiger partial charge in [-0.1, -0.05) is 18.2 Å². The summed E-state index contributed by atoms with van der Waals surface area (Å²) in [5.74, 6) is -1.10. The summed E-state index contributed by atoms with van der Waals surface area (Å²) in [6.07, 6.45) is -1.41. The van der Waals surface area contributed by atoms with Crippen LogP contribution in [-0.2, 0) is 9.53 Å². The third-order valence-corrected chi connectivity index (χ3v) is 3.01. The average Bonchev–Trinajstić information content (AvgIpc) is 2.38. The normalized spacial score (nSPS) is 15.3. The van der Waals surface area contributed by atoms with E-state index in [0.717, 1.165) is 0 Å². The molecule has 2 atom stereocenters. The molecule has 20 heavy (non-hydrogen) atoms. The Bertz CT molecular complexity index is 470. The fourth-order valence-electron chi connectivity index (χ4n) is 1.56. The molecule has 0 radical (unpaired) electrons. The van der Waals surface area contributed by atoms with Gasteiger partial charge in [0.25, 0.3) is 5.91 Å². The van der Waals surface area contributed by atoms with Crippen molar-refractivity contribution in [3.05, 3.63) is 35.9 Å². The van der Waals surface area contributed by atoms with E-state index in [2.05, 4.69) is 5.32 Å². The number of carbonyl (C=O) groups is 2. The second-order valence-electron chi connectivity index (χ2n) is 5.15. The maximum absolute atomic E-state index is 12.1. The van der Waals surface area contributed by atoms with Crippen LogP contribution in [-0.4, -0.2) is 34.7 Å². The minimum Gasteiger partial charge on any atom is -0.461 e. The molecule has 1 aromatic rings. The summed E-state index contributed by atoms with van der Waals surface area (Å²) in [6.45, 7) is 6.30. The molecule has 0 aromatic heterocycles. The van der Waals surface area contributed by atoms with Crippen LogP contribution in [0.25, 0.3) is 0 Å². The Kier molecular flexibility index (Phi) is 5.27. The van der Waals surface area contributed by atoms with Crippen LogP contribution >= 0.6 is 0 Å². The number of benzene rings is 1. The van der Waals surface area contributed by atoms with E-state index in [0.29, 0.717) is 5.56 Å². The first-order valence-corrected chi connectivity index (χ1v) is 6.54. The number of nitrogens with one attached hydrogen (secondary N) is 1. The van der Waals surface area contributed by atoms with E-state index in [1.165, 1.54) is 13.8 Å². The smallest absolute Gasteiger partial charge is 0.334 e. The number of aliphatic hydroxyl groups excluding tert-OH is 1. The molecule has 0 aliphatic carbocycles. The van der Waals surface area contributed by atoms with E-state index >= 15 is 0 Å². The molecule has 5 nitrogen and oxygen atoms in total. The van der Waals surface area contributed by atoms with Crippen molar-refractivity contribution in [3.8, 4) is 0 Å². The lowest BCUT2D eigenvalue weighted by Gasteiger charge is -2.32. The van der Waals surface area contributed by atoms with Crippen LogP contribution in [0.15, 0.2) is 30.3 Å². The third kappa shape index (κ3) is 3.81. The van der Waals surface area contributed by atoms with Crippen molar-refractivity contribution < 1.29 is 19.4 Å². The number of hydrogen-bond acceptors (Lipinski definition) is 4. The molecule has 5 heteroatoms. The molecular weight excluding hydrogens is 258 g/mol. The molecule has 0 saturated heterocycles. The van der Waals surface area contributed by atoms with Gasteiger partial charge in [0.15, 0.2) is 5.54 Å². The summed E-state index contributed by atoms with van der Waals surface area (Å²) < 4.78 is 5.10. The van der Waals surface area contributed by atoms with Crippen molar-refractivity contribution in [1.29, 1.82) is 0 Å². The summed E-state index contributed by atoms with van der Waals surface area (Å²) in [5, 5.41) is 12.4. The van der Waals surface area contributed by atoms with E-state index in [9.17, 15) is 14.7 Å². The molecule has 0 fully saturated rings. The van der Waals surface area contributed by atoms with Gasteiger partial charge < -0.3 is 15.2 Å². The number of rotatable bonds is 5. The highest BCUT2D eigenvalue weighted by Crippen LogP contribution is 2.15. The van der Waals surface area contributed by atoms with Gasteiger partial charge >= 0.3 is 5.97 Å². The predicted octanol–water partition coefficient (Wildman–Crippen LogP) is 1.51. The van der Waals surface area contributed by atoms with Crippen molar-refractivity contribution in [1.82, 2.24) is 5.32 Å². The number of hydrogen-bond donors (Lipinski definition) is 2. The number of amides is 1. The lowest BCUT2D eigenvalue weighted by molar-refractivity contribution is -0.158. The Balaban J connectivity index is 2.92. The van der Waals surface area contributed by atoms with Crippen molar-refractivity contribution in [2.75, 3.05) is 0 Å². The van der Waals surface area contributed by atoms with Gasteiger partial charge in [-0.15, -0.1) is 0 Å². The van der Waals surface area contributed by atoms with Gasteiger partial charge in [0.1, 0.15) is 0 Å². The molecule has 0 unspecified atom stereocenters. The summed E-state index contributed by atoms with van der Waals surface area (Å²) >= 11 is 0. The summed E-state index contributed by atoms with van der Waals surface area (Å²) in [7, 11) is 0. The van der Waals surface area contributed by atoms with Gasteiger partial charge in [-0.25, -0.2) is 4.79 Å². The Morgan fingerprint density at radius 1 is 1.20 bits per heavy atom. The Morgan fingerprint density at radius 3 is 2.20 bits per heavy atom. The quantitative estimate of drug-likeness (QED) is 0.801. The first-order chi connectivity index (χ1) is 9.27. The highest BCUT2D eigenvalue weighted by atomic mass is 16.5. The molecule has 0 aliphatic heterocycles. The van der Waals surface area contributed by atoms with E-state index in [1.807, 2.05) is 0 Å². The fraction of sp³-hybridized carbons (Fsp3) is 0.467. The van der Waals surface area contributed by atoms with Crippen molar-refractivity contribution in [2.45, 2.75) is 45.4 Å². The summed E-state index contributed by atoms with van der Waals surface area (Å²) in [5.41, 5.74) is -1.08. The Hall–Kier alpha value is -1.88. The minimum absolute atomic E-state index is 0.325. The van der Waals surface area contributed by atoms with Crippen LogP contribution in [0.5, 0.6) is 0 Å². The SMILES string of the molecule is CC(C)OC(=O)[C@@](C)(NC(=O)c1ccccc1)[C@H](C)O. The van der Waals surface area contributed by atoms with E-state index in [4.69, 9.17) is 4.74 Å². The standard InChI is InChI=1S/C15H21NO4/c1-10(2)20-14(19)15(4,11(3)17)16-13(18)12-8-6-5-7-9-12/h5-11,17H,1-4H3,(H,16,18)/t11-,15-/m0/s1. The molecule has 110 valence electrons. The second kappa shape index (κ2) is 6.52. The van der Waals surface area contributed by atoms with Gasteiger partial charge in [-0.3, -0.25) is 4.79 Å². The number of carbonyl (C=O) groups excluding carboxylic acids is 2. The monoisotopic (exact) mass is 279 g/mol. The van der Waals surface area contributed by atoms with Crippen LogP contribution in [0.2, 0.25) is 0 Å². The fourth-order valence-corrected chi connectivity index (χ4v) is 1.56. The molecular formula is C15H21NO4. The molecule has 2 N–H and O–H groups in total. The maximum atomic E-state index is 12.1. The molecule has 0 bridgehead atoms. The van der Waals surface area contributed by atoms with Crippen molar-refractivity contribution in [2.24, 2.45) is 0 Å². The molecule has 1 aromatic carbocycles. The van der Waals surface area contributed by atoms with Crippen LogP contribution in [0.3, 0.4) is 0 Å². The summed E-state index contributed by atoms with van der Waals surface area (Å²) in [6, 6.07) is 8.50. The van der Waals surface area contributed by atoms with Crippen LogP contribution < -0.4 is 5.32 Å². The molecule has 1 rings (SSSR count). The number of esters is 1. The van der Waals surface area contributed by atoms with Crippen molar-refractivity contribution >= 4 is 11.9 Å². The lowest BCUT2D eigenvalue weighted by atomic mass is 9.95. The highest BCUT2D eigenvalue weighted by Gasteiger charge is 2.42. The maximum Gasteiger partial charge on any atom is 0.334 e. The number of aliphatic hydroxyl groups is 1. The molecule has 1 amide bonds. The molecule has 0 heterocycles. The van der Waals surface area contributed by atoms with E-state index < -0.39 is 23.5 Å². The zero-order valence-corrected chi connectivity index (χ0v) is 12.2. The zero-order valence-electron chi connectivity index (χ0n) is 12.2. The predicted molar refractivity (Wildman–Crippen MR) is 75.2 cm³/mol. The second-order valence-corrected chi connectivity index (χ2v) is 5.15. The minimum atomic E-state index is -1.49. The Labute approximate surface area is 118 Å². The van der Waals surface area contributed by atoms with E-state index in [-0.39, 0.29) is 6.10 Å². The van der Waals surface area contributed by atoms with Gasteiger partial charge in [0.05, 0.1) is 12.2 Å². The molecule has 0 spiro atoms. The van der Waals surface area contributed by atoms with Crippen LogP contribution in [0.4, 0.5) is 0 Å². The highest BCUT2D eigenvalue weighted by molar-refractivity contribution is 5.98. The number of ether oxygens (including phenoxy) is 1. The van der Waals surface area contributed by atoms with Gasteiger partial charge in [-0.05, 0) is 39.8 Å². The van der Waals surface area contributed by atoms with Gasteiger partial charge in [0.2, 0.25) is 0 Å². The summed E-state index contributed by atoms with van der Waals surface area (Å²) in [4.78, 5) is 24.2. The van der Waals surface area contributed by atoms with E-state index in [1.54, 1.807) is 44.2 Å². The first kappa shape index (κ1) is 16.2. The van der Waals surface area contributed by atoms with Gasteiger partial charge in [0, 0.05) is 5.56 Å². The molecule has 0 saturated carbocycles. The average molecular weight is 279 g/mol. The Morgan fingerprint density at radius 2 is 1.75 bits per heavy atom. The van der Waals surface area contributed by atoms with Crippen LogP contribution in [0.1, 0.15) is 38.1 Å². The lowest BCUT2D eigenvalue weighted by Crippen LogP contribution is -2.60. The van der Waals surface area contributed by atoms with Crippen LogP contribution in [0, 0.1) is 0 Å². The zero-order chi connectivity index (χ0) is 15.3. The van der Waals surface area contributed by atoms with Gasteiger partial charge in [-0.2, -0.15) is 0 Å².